The fraction of sp³-hybridized carbons (Fsp3) is 0.850. The van der Waals surface area contributed by atoms with Crippen molar-refractivity contribution in [3.63, 3.8) is 0 Å². The summed E-state index contributed by atoms with van der Waals surface area (Å²) < 4.78 is 14.2. The second-order valence-corrected chi connectivity index (χ2v) is 8.60. The maximum atomic E-state index is 14.2. The lowest BCUT2D eigenvalue weighted by molar-refractivity contribution is -0.150. The molecule has 2 aliphatic carbocycles. The molecule has 3 aliphatic rings. The zero-order valence-corrected chi connectivity index (χ0v) is 15.9. The summed E-state index contributed by atoms with van der Waals surface area (Å²) in [5.74, 6) is -1.17. The summed E-state index contributed by atoms with van der Waals surface area (Å²) in [5, 5.41) is 12.1. The average Bonchev–Trinajstić information content (AvgIpc) is 3.06. The van der Waals surface area contributed by atoms with Crippen LogP contribution in [-0.2, 0) is 14.4 Å². The van der Waals surface area contributed by atoms with Gasteiger partial charge >= 0.3 is 5.97 Å². The molecule has 2 amide bonds. The molecular weight excluding hydrogens is 351 g/mol. The Morgan fingerprint density at radius 2 is 1.70 bits per heavy atom. The first-order chi connectivity index (χ1) is 12.9. The largest absolute Gasteiger partial charge is 0.479 e. The molecular formula is C20H31FN2O4. The number of halogens is 1. The number of amides is 2. The summed E-state index contributed by atoms with van der Waals surface area (Å²) in [5.41, 5.74) is -2.31. The van der Waals surface area contributed by atoms with E-state index in [0.29, 0.717) is 25.2 Å². The summed E-state index contributed by atoms with van der Waals surface area (Å²) >= 11 is 0. The molecule has 27 heavy (non-hydrogen) atoms. The fourth-order valence-electron chi connectivity index (χ4n) is 4.82. The van der Waals surface area contributed by atoms with Crippen LogP contribution in [0.3, 0.4) is 0 Å². The number of alkyl halides is 1. The number of hydrogen-bond donors (Lipinski definition) is 2. The van der Waals surface area contributed by atoms with Crippen molar-refractivity contribution in [1.29, 1.82) is 0 Å². The average molecular weight is 382 g/mol. The quantitative estimate of drug-likeness (QED) is 0.765. The Morgan fingerprint density at radius 1 is 1.04 bits per heavy atom. The smallest absolute Gasteiger partial charge is 0.343 e. The molecule has 0 aromatic heterocycles. The molecule has 7 heteroatoms. The predicted octanol–water partition coefficient (Wildman–Crippen LogP) is 2.66. The molecule has 3 fully saturated rings. The predicted molar refractivity (Wildman–Crippen MR) is 97.8 cm³/mol. The van der Waals surface area contributed by atoms with Crippen molar-refractivity contribution in [3.05, 3.63) is 0 Å². The minimum atomic E-state index is -2.31. The number of carboxylic acid groups (broad SMARTS) is 1. The highest BCUT2D eigenvalue weighted by Crippen LogP contribution is 2.32. The highest BCUT2D eigenvalue weighted by molar-refractivity contribution is 5.83. The maximum Gasteiger partial charge on any atom is 0.343 e. The van der Waals surface area contributed by atoms with Gasteiger partial charge in [0.1, 0.15) is 0 Å². The molecule has 0 spiro atoms. The number of nitrogens with one attached hydrogen (secondary N) is 1. The Balaban J connectivity index is 1.40. The molecule has 2 saturated carbocycles. The molecule has 1 unspecified atom stereocenters. The van der Waals surface area contributed by atoms with Crippen LogP contribution in [0.4, 0.5) is 4.39 Å². The lowest BCUT2D eigenvalue weighted by Crippen LogP contribution is -2.44. The zero-order chi connectivity index (χ0) is 19.4. The second kappa shape index (κ2) is 8.57. The third-order valence-corrected chi connectivity index (χ3v) is 6.55. The number of likely N-dealkylation sites (tertiary alicyclic amines) is 1. The third kappa shape index (κ3) is 4.99. The van der Waals surface area contributed by atoms with Gasteiger partial charge < -0.3 is 15.3 Å². The molecule has 3 rings (SSSR count). The van der Waals surface area contributed by atoms with Gasteiger partial charge in [0.25, 0.3) is 0 Å². The fourth-order valence-corrected chi connectivity index (χ4v) is 4.82. The molecule has 0 aromatic carbocycles. The van der Waals surface area contributed by atoms with Crippen molar-refractivity contribution < 1.29 is 23.9 Å². The molecule has 1 atom stereocenters. The van der Waals surface area contributed by atoms with Crippen molar-refractivity contribution in [3.8, 4) is 0 Å². The number of aliphatic carboxylic acids is 1. The molecule has 0 bridgehead atoms. The SMILES string of the molecule is O=C(CC1CCCCC1)NC1CCC(C(=O)N2CCC(F)(C(=O)O)C2)CC1. The van der Waals surface area contributed by atoms with Crippen LogP contribution in [0.15, 0.2) is 0 Å². The van der Waals surface area contributed by atoms with Gasteiger partial charge in [0.2, 0.25) is 17.5 Å². The Kier molecular flexibility index (Phi) is 6.37. The highest BCUT2D eigenvalue weighted by Gasteiger charge is 2.47. The minimum absolute atomic E-state index is 0.114. The summed E-state index contributed by atoms with van der Waals surface area (Å²) in [4.78, 5) is 37.2. The van der Waals surface area contributed by atoms with E-state index in [1.807, 2.05) is 0 Å². The number of nitrogens with zero attached hydrogens (tertiary/aromatic N) is 1. The van der Waals surface area contributed by atoms with Crippen molar-refractivity contribution in [2.24, 2.45) is 11.8 Å². The van der Waals surface area contributed by atoms with E-state index in [-0.39, 0.29) is 43.3 Å². The van der Waals surface area contributed by atoms with Crippen LogP contribution in [0, 0.1) is 11.8 Å². The molecule has 152 valence electrons. The van der Waals surface area contributed by atoms with Gasteiger partial charge in [-0.1, -0.05) is 19.3 Å². The van der Waals surface area contributed by atoms with E-state index in [1.54, 1.807) is 0 Å². The molecule has 1 saturated heterocycles. The van der Waals surface area contributed by atoms with Crippen LogP contribution >= 0.6 is 0 Å². The molecule has 1 aliphatic heterocycles. The van der Waals surface area contributed by atoms with Crippen LogP contribution in [0.5, 0.6) is 0 Å². The van der Waals surface area contributed by atoms with Gasteiger partial charge in [0.05, 0.1) is 6.54 Å². The summed E-state index contributed by atoms with van der Waals surface area (Å²) in [6.45, 7) is -0.182. The molecule has 0 radical (unpaired) electrons. The summed E-state index contributed by atoms with van der Waals surface area (Å²) in [6, 6.07) is 0.114. The van der Waals surface area contributed by atoms with E-state index in [2.05, 4.69) is 5.32 Å². The highest BCUT2D eigenvalue weighted by atomic mass is 19.1. The number of carbonyl (C=O) groups excluding carboxylic acids is 2. The van der Waals surface area contributed by atoms with E-state index in [0.717, 1.165) is 25.7 Å². The van der Waals surface area contributed by atoms with E-state index in [9.17, 15) is 18.8 Å². The Labute approximate surface area is 159 Å². The van der Waals surface area contributed by atoms with Crippen molar-refractivity contribution in [1.82, 2.24) is 10.2 Å². The van der Waals surface area contributed by atoms with E-state index in [4.69, 9.17) is 5.11 Å². The van der Waals surface area contributed by atoms with Crippen LogP contribution in [-0.4, -0.2) is 52.6 Å². The van der Waals surface area contributed by atoms with Crippen molar-refractivity contribution in [2.45, 2.75) is 82.3 Å². The van der Waals surface area contributed by atoms with Gasteiger partial charge in [0.15, 0.2) is 0 Å². The first-order valence-electron chi connectivity index (χ1n) is 10.4. The second-order valence-electron chi connectivity index (χ2n) is 8.60. The monoisotopic (exact) mass is 382 g/mol. The van der Waals surface area contributed by atoms with E-state index in [1.165, 1.54) is 24.2 Å². The third-order valence-electron chi connectivity index (χ3n) is 6.55. The van der Waals surface area contributed by atoms with Crippen LogP contribution in [0.1, 0.15) is 70.6 Å². The Morgan fingerprint density at radius 3 is 2.30 bits per heavy atom. The van der Waals surface area contributed by atoms with Gasteiger partial charge in [-0.2, -0.15) is 0 Å². The van der Waals surface area contributed by atoms with Gasteiger partial charge in [-0.05, 0) is 44.4 Å². The van der Waals surface area contributed by atoms with Gasteiger partial charge in [-0.15, -0.1) is 0 Å². The van der Waals surface area contributed by atoms with Crippen LogP contribution in [0.25, 0.3) is 0 Å². The number of hydrogen-bond acceptors (Lipinski definition) is 3. The molecule has 6 nitrogen and oxygen atoms in total. The van der Waals surface area contributed by atoms with E-state index < -0.39 is 11.6 Å². The number of rotatable bonds is 5. The maximum absolute atomic E-state index is 14.2. The van der Waals surface area contributed by atoms with E-state index >= 15 is 0 Å². The molecule has 0 aromatic rings. The van der Waals surface area contributed by atoms with Gasteiger partial charge in [-0.25, -0.2) is 9.18 Å². The van der Waals surface area contributed by atoms with Crippen molar-refractivity contribution in [2.75, 3.05) is 13.1 Å². The normalized spacial score (nSPS) is 32.3. The van der Waals surface area contributed by atoms with Gasteiger partial charge in [0, 0.05) is 31.3 Å². The lowest BCUT2D eigenvalue weighted by atomic mass is 9.84. The zero-order valence-electron chi connectivity index (χ0n) is 15.9. The summed E-state index contributed by atoms with van der Waals surface area (Å²) in [7, 11) is 0. The first kappa shape index (κ1) is 20.1. The number of carboxylic acids is 1. The standard InChI is InChI=1S/C20H31FN2O4/c21-20(19(26)27)10-11-23(13-20)18(25)15-6-8-16(9-7-15)22-17(24)12-14-4-2-1-3-5-14/h14-16H,1-13H2,(H,22,24)(H,26,27). The topological polar surface area (TPSA) is 86.7 Å². The number of carbonyl (C=O) groups is 3. The first-order valence-corrected chi connectivity index (χ1v) is 10.4. The summed E-state index contributed by atoms with van der Waals surface area (Å²) in [6.07, 6.45) is 9.33. The molecule has 2 N–H and O–H groups in total. The Hall–Kier alpha value is -1.66. The van der Waals surface area contributed by atoms with Crippen LogP contribution in [0.2, 0.25) is 0 Å². The molecule has 1 heterocycles. The lowest BCUT2D eigenvalue weighted by Gasteiger charge is -2.31. The van der Waals surface area contributed by atoms with Crippen LogP contribution < -0.4 is 5.32 Å². The minimum Gasteiger partial charge on any atom is -0.479 e. The van der Waals surface area contributed by atoms with Crippen molar-refractivity contribution >= 4 is 17.8 Å². The van der Waals surface area contributed by atoms with Gasteiger partial charge in [-0.3, -0.25) is 9.59 Å². The Bertz CT molecular complexity index is 570.